The van der Waals surface area contributed by atoms with Crippen LogP contribution in [-0.4, -0.2) is 27.3 Å². The monoisotopic (exact) mass is 421 g/mol. The summed E-state index contributed by atoms with van der Waals surface area (Å²) in [6, 6.07) is 9.62. The summed E-state index contributed by atoms with van der Waals surface area (Å²) in [6.45, 7) is 0. The zero-order valence-corrected chi connectivity index (χ0v) is 15.3. The normalized spacial score (nSPS) is 11.9. The third-order valence-electron chi connectivity index (χ3n) is 3.00. The standard InChI is InChI=1S/C14H9Cl2NO6S2/c15-13(18)9-5-1-3-7-11(9)24(20,21)17-25(22,23)12-8-4-2-6-10(12)14(16)19/h1-8,17H. The molecule has 7 nitrogen and oxygen atoms in total. The van der Waals surface area contributed by atoms with E-state index in [9.17, 15) is 26.4 Å². The van der Waals surface area contributed by atoms with Gasteiger partial charge in [0, 0.05) is 0 Å². The lowest BCUT2D eigenvalue weighted by Gasteiger charge is -2.11. The van der Waals surface area contributed by atoms with E-state index in [-0.39, 0.29) is 0 Å². The van der Waals surface area contributed by atoms with Gasteiger partial charge >= 0.3 is 0 Å². The molecular formula is C14H9Cl2NO6S2. The van der Waals surface area contributed by atoms with Crippen LogP contribution in [0.3, 0.4) is 0 Å². The molecule has 0 amide bonds. The molecule has 0 saturated carbocycles. The zero-order valence-electron chi connectivity index (χ0n) is 12.1. The number of rotatable bonds is 6. The Kier molecular flexibility index (Phi) is 5.65. The SMILES string of the molecule is O=C(Cl)c1ccccc1S(=O)(=O)NS(=O)(=O)c1ccccc1C(=O)Cl. The number of benzene rings is 2. The second-order valence-corrected chi connectivity index (χ2v) is 8.88. The predicted octanol–water partition coefficient (Wildman–Crippen LogP) is 2.11. The smallest absolute Gasteiger partial charge is 0.254 e. The van der Waals surface area contributed by atoms with E-state index < -0.39 is 51.4 Å². The summed E-state index contributed by atoms with van der Waals surface area (Å²) >= 11 is 10.7. The highest BCUT2D eigenvalue weighted by Gasteiger charge is 2.30. The van der Waals surface area contributed by atoms with E-state index in [2.05, 4.69) is 0 Å². The van der Waals surface area contributed by atoms with Gasteiger partial charge in [0.1, 0.15) is 0 Å². The molecule has 11 heteroatoms. The van der Waals surface area contributed by atoms with Crippen LogP contribution >= 0.6 is 23.2 Å². The van der Waals surface area contributed by atoms with Crippen LogP contribution in [-0.2, 0) is 20.0 Å². The molecule has 0 fully saturated rings. The van der Waals surface area contributed by atoms with Gasteiger partial charge in [0.25, 0.3) is 30.5 Å². The fraction of sp³-hybridized carbons (Fsp3) is 0. The summed E-state index contributed by atoms with van der Waals surface area (Å²) in [4.78, 5) is 21.5. The minimum Gasteiger partial charge on any atom is -0.276 e. The van der Waals surface area contributed by atoms with Gasteiger partial charge in [-0.3, -0.25) is 9.59 Å². The van der Waals surface area contributed by atoms with Crippen molar-refractivity contribution >= 4 is 53.7 Å². The number of hydrogen-bond acceptors (Lipinski definition) is 6. The third-order valence-corrected chi connectivity index (χ3v) is 7.03. The van der Waals surface area contributed by atoms with Crippen LogP contribution in [0.2, 0.25) is 0 Å². The molecule has 0 aliphatic heterocycles. The highest BCUT2D eigenvalue weighted by atomic mass is 35.5. The highest BCUT2D eigenvalue weighted by molar-refractivity contribution is 8.04. The van der Waals surface area contributed by atoms with Gasteiger partial charge < -0.3 is 0 Å². The molecule has 2 rings (SSSR count). The average Bonchev–Trinajstić information content (AvgIpc) is 2.54. The molecule has 0 aliphatic rings. The van der Waals surface area contributed by atoms with E-state index in [1.165, 1.54) is 28.4 Å². The summed E-state index contributed by atoms with van der Waals surface area (Å²) in [6.07, 6.45) is 0. The Labute approximate surface area is 153 Å². The molecule has 0 aliphatic carbocycles. The molecule has 0 radical (unpaired) electrons. The summed E-state index contributed by atoms with van der Waals surface area (Å²) in [5.41, 5.74) is -0.790. The van der Waals surface area contributed by atoms with Crippen LogP contribution in [0.15, 0.2) is 58.3 Å². The largest absolute Gasteiger partial charge is 0.276 e. The van der Waals surface area contributed by atoms with Gasteiger partial charge in [-0.1, -0.05) is 24.3 Å². The molecule has 25 heavy (non-hydrogen) atoms. The first-order chi connectivity index (χ1) is 11.6. The van der Waals surface area contributed by atoms with Gasteiger partial charge in [-0.25, -0.2) is 16.8 Å². The summed E-state index contributed by atoms with van der Waals surface area (Å²) in [5, 5.41) is -2.15. The van der Waals surface area contributed by atoms with Gasteiger partial charge in [0.2, 0.25) is 0 Å². The van der Waals surface area contributed by atoms with Crippen molar-refractivity contribution in [2.24, 2.45) is 0 Å². The molecule has 0 spiro atoms. The first-order valence-corrected chi connectivity index (χ1v) is 10.1. The lowest BCUT2D eigenvalue weighted by Crippen LogP contribution is -2.32. The Bertz CT molecular complexity index is 979. The van der Waals surface area contributed by atoms with Crippen LogP contribution in [0.25, 0.3) is 0 Å². The van der Waals surface area contributed by atoms with Crippen molar-refractivity contribution in [3.63, 3.8) is 0 Å². The number of sulfonamides is 2. The summed E-state index contributed by atoms with van der Waals surface area (Å²) in [5.74, 6) is 0. The maximum atomic E-state index is 12.4. The van der Waals surface area contributed by atoms with E-state index in [0.717, 1.165) is 24.3 Å². The quantitative estimate of drug-likeness (QED) is 0.714. The predicted molar refractivity (Wildman–Crippen MR) is 90.8 cm³/mol. The Morgan fingerprint density at radius 3 is 1.32 bits per heavy atom. The maximum Gasteiger partial charge on any atom is 0.254 e. The van der Waals surface area contributed by atoms with E-state index in [1.54, 1.807) is 0 Å². The lowest BCUT2D eigenvalue weighted by atomic mass is 10.2. The minimum absolute atomic E-state index is 0.395. The van der Waals surface area contributed by atoms with E-state index in [0.29, 0.717) is 0 Å². The number of nitrogens with one attached hydrogen (secondary N) is 1. The molecule has 0 unspecified atom stereocenters. The van der Waals surface area contributed by atoms with Gasteiger partial charge in [-0.15, -0.1) is 4.13 Å². The zero-order chi connectivity index (χ0) is 18.8. The molecule has 0 heterocycles. The van der Waals surface area contributed by atoms with Crippen LogP contribution in [0, 0.1) is 0 Å². The van der Waals surface area contributed by atoms with Crippen molar-refractivity contribution in [3.8, 4) is 0 Å². The first kappa shape index (κ1) is 19.5. The summed E-state index contributed by atoms with van der Waals surface area (Å²) < 4.78 is 51.1. The Balaban J connectivity index is 2.56. The van der Waals surface area contributed by atoms with Crippen LogP contribution in [0.5, 0.6) is 0 Å². The highest BCUT2D eigenvalue weighted by Crippen LogP contribution is 2.22. The second kappa shape index (κ2) is 7.22. The topological polar surface area (TPSA) is 114 Å². The fourth-order valence-corrected chi connectivity index (χ4v) is 5.69. The minimum atomic E-state index is -4.68. The van der Waals surface area contributed by atoms with Crippen molar-refractivity contribution < 1.29 is 26.4 Å². The lowest BCUT2D eigenvalue weighted by molar-refractivity contribution is 0.107. The molecule has 0 saturated heterocycles. The van der Waals surface area contributed by atoms with Crippen molar-refractivity contribution in [1.29, 1.82) is 0 Å². The van der Waals surface area contributed by atoms with Gasteiger partial charge in [0.15, 0.2) is 0 Å². The van der Waals surface area contributed by atoms with Crippen LogP contribution in [0.4, 0.5) is 0 Å². The second-order valence-electron chi connectivity index (χ2n) is 4.63. The average molecular weight is 422 g/mol. The van der Waals surface area contributed by atoms with E-state index >= 15 is 0 Å². The van der Waals surface area contributed by atoms with Gasteiger partial charge in [-0.2, -0.15) is 0 Å². The molecule has 0 atom stereocenters. The number of halogens is 2. The number of hydrogen-bond donors (Lipinski definition) is 1. The molecule has 0 aromatic heterocycles. The van der Waals surface area contributed by atoms with E-state index in [1.807, 2.05) is 0 Å². The maximum absolute atomic E-state index is 12.4. The van der Waals surface area contributed by atoms with Crippen molar-refractivity contribution in [1.82, 2.24) is 4.13 Å². The van der Waals surface area contributed by atoms with Crippen molar-refractivity contribution in [2.75, 3.05) is 0 Å². The molecular weight excluding hydrogens is 413 g/mol. The molecule has 2 aromatic rings. The molecule has 0 bridgehead atoms. The number of carbonyl (C=O) groups is 2. The molecule has 1 N–H and O–H groups in total. The number of carbonyl (C=O) groups excluding carboxylic acids is 2. The van der Waals surface area contributed by atoms with Crippen molar-refractivity contribution in [3.05, 3.63) is 59.7 Å². The van der Waals surface area contributed by atoms with Crippen LogP contribution < -0.4 is 4.13 Å². The van der Waals surface area contributed by atoms with E-state index in [4.69, 9.17) is 23.2 Å². The molecule has 132 valence electrons. The molecule has 2 aromatic carbocycles. The van der Waals surface area contributed by atoms with Gasteiger partial charge in [0.05, 0.1) is 20.9 Å². The Hall–Kier alpha value is -1.78. The van der Waals surface area contributed by atoms with Crippen LogP contribution in [0.1, 0.15) is 20.7 Å². The fourth-order valence-electron chi connectivity index (χ4n) is 1.96. The first-order valence-electron chi connectivity index (χ1n) is 6.42. The van der Waals surface area contributed by atoms with Crippen molar-refractivity contribution in [2.45, 2.75) is 9.79 Å². The Morgan fingerprint density at radius 2 is 1.00 bits per heavy atom. The Morgan fingerprint density at radius 1 is 0.680 bits per heavy atom. The van der Waals surface area contributed by atoms with Gasteiger partial charge in [-0.05, 0) is 47.5 Å². The third kappa shape index (κ3) is 4.25. The summed E-state index contributed by atoms with van der Waals surface area (Å²) in [7, 11) is -9.36.